The van der Waals surface area contributed by atoms with Gasteiger partial charge in [0.1, 0.15) is 0 Å². The molecule has 0 unspecified atom stereocenters. The lowest BCUT2D eigenvalue weighted by molar-refractivity contribution is -0.128. The number of benzene rings is 1. The maximum Gasteiger partial charge on any atom is 0.316 e. The summed E-state index contributed by atoms with van der Waals surface area (Å²) in [6.07, 6.45) is -2.95. The Kier molecular flexibility index (Phi) is 3.38. The van der Waals surface area contributed by atoms with Gasteiger partial charge in [0.2, 0.25) is 0 Å². The van der Waals surface area contributed by atoms with Gasteiger partial charge in [0, 0.05) is 25.3 Å². The fourth-order valence-corrected chi connectivity index (χ4v) is 2.02. The first-order valence-electron chi connectivity index (χ1n) is 5.45. The largest absolute Gasteiger partial charge is 0.316 e. The van der Waals surface area contributed by atoms with Crippen LogP contribution < -0.4 is 4.90 Å². The minimum atomic E-state index is -2.95. The lowest BCUT2D eigenvalue weighted by atomic mass is 10.1. The summed E-state index contributed by atoms with van der Waals surface area (Å²) in [5, 5.41) is 0. The molecule has 0 spiro atoms. The number of amides is 1. The molecule has 1 aliphatic heterocycles. The Morgan fingerprint density at radius 2 is 2.00 bits per heavy atom. The molecule has 1 aromatic carbocycles. The van der Waals surface area contributed by atoms with E-state index in [9.17, 15) is 13.6 Å². The van der Waals surface area contributed by atoms with Crippen LogP contribution in [0.2, 0.25) is 0 Å². The maximum absolute atomic E-state index is 12.5. The molecule has 92 valence electrons. The van der Waals surface area contributed by atoms with E-state index in [0.717, 1.165) is 5.56 Å². The zero-order valence-electron chi connectivity index (χ0n) is 9.57. The summed E-state index contributed by atoms with van der Waals surface area (Å²) >= 11 is 0. The average Bonchev–Trinajstić information content (AvgIpc) is 2.46. The Morgan fingerprint density at radius 1 is 1.29 bits per heavy atom. The second kappa shape index (κ2) is 4.79. The van der Waals surface area contributed by atoms with Crippen molar-refractivity contribution < 1.29 is 13.6 Å². The molecule has 1 heterocycles. The highest BCUT2D eigenvalue weighted by Crippen LogP contribution is 2.25. The predicted octanol–water partition coefficient (Wildman–Crippen LogP) is 1.73. The van der Waals surface area contributed by atoms with Gasteiger partial charge < -0.3 is 9.80 Å². The molecule has 0 fully saturated rings. The number of hydrogen-bond donors (Lipinski definition) is 0. The molecule has 3 nitrogen and oxygen atoms in total. The number of fused-ring (bicyclic) bond motifs is 1. The molecule has 1 amide bonds. The van der Waals surface area contributed by atoms with Crippen LogP contribution in [0.1, 0.15) is 5.56 Å². The summed E-state index contributed by atoms with van der Waals surface area (Å²) in [4.78, 5) is 14.7. The molecular formula is C12H14F2N2O. The van der Waals surface area contributed by atoms with E-state index in [4.69, 9.17) is 0 Å². The van der Waals surface area contributed by atoms with Crippen LogP contribution in [0.3, 0.4) is 0 Å². The van der Waals surface area contributed by atoms with E-state index in [2.05, 4.69) is 0 Å². The van der Waals surface area contributed by atoms with Crippen LogP contribution in [0.25, 0.3) is 0 Å². The van der Waals surface area contributed by atoms with Crippen molar-refractivity contribution in [1.29, 1.82) is 0 Å². The first-order valence-corrected chi connectivity index (χ1v) is 5.45. The molecule has 0 N–H and O–H groups in total. The van der Waals surface area contributed by atoms with Crippen molar-refractivity contribution in [2.24, 2.45) is 0 Å². The number of halogens is 2. The number of anilines is 1. The van der Waals surface area contributed by atoms with Crippen LogP contribution in [-0.2, 0) is 11.3 Å². The first-order chi connectivity index (χ1) is 8.09. The maximum atomic E-state index is 12.5. The molecule has 0 aliphatic carbocycles. The van der Waals surface area contributed by atoms with E-state index in [1.54, 1.807) is 12.1 Å². The van der Waals surface area contributed by atoms with Crippen molar-refractivity contribution in [2.45, 2.75) is 13.0 Å². The smallest absolute Gasteiger partial charge is 0.306 e. The number of alkyl halides is 2. The lowest BCUT2D eigenvalue weighted by Gasteiger charge is -2.22. The number of para-hydroxylation sites is 1. The molecule has 1 aromatic rings. The first kappa shape index (κ1) is 12.0. The molecule has 5 heteroatoms. The highest BCUT2D eigenvalue weighted by Gasteiger charge is 2.28. The van der Waals surface area contributed by atoms with Gasteiger partial charge in [0.15, 0.2) is 0 Å². The number of rotatable bonds is 1. The Hall–Kier alpha value is -1.49. The van der Waals surface area contributed by atoms with E-state index in [-0.39, 0.29) is 0 Å². The van der Waals surface area contributed by atoms with Gasteiger partial charge >= 0.3 is 6.43 Å². The van der Waals surface area contributed by atoms with Crippen LogP contribution in [0, 0.1) is 0 Å². The van der Waals surface area contributed by atoms with Crippen molar-refractivity contribution in [3.8, 4) is 0 Å². The number of hydrogen-bond acceptors (Lipinski definition) is 2. The highest BCUT2D eigenvalue weighted by atomic mass is 19.3. The van der Waals surface area contributed by atoms with Gasteiger partial charge in [0.05, 0.1) is 0 Å². The standard InChI is InChI=1S/C12H14F2N2O/c1-15-6-7-16(12(17)11(13)14)10-5-3-2-4-9(10)8-15/h2-5,11H,6-8H2,1H3. The zero-order chi connectivity index (χ0) is 12.4. The van der Waals surface area contributed by atoms with Crippen molar-refractivity contribution in [2.75, 3.05) is 25.0 Å². The molecule has 0 aromatic heterocycles. The van der Waals surface area contributed by atoms with Crippen molar-refractivity contribution in [1.82, 2.24) is 4.90 Å². The number of carbonyl (C=O) groups excluding carboxylic acids is 1. The van der Waals surface area contributed by atoms with E-state index in [1.807, 2.05) is 24.1 Å². The van der Waals surface area contributed by atoms with Crippen molar-refractivity contribution >= 4 is 11.6 Å². The Bertz CT molecular complexity index is 423. The molecule has 0 bridgehead atoms. The molecule has 0 saturated carbocycles. The van der Waals surface area contributed by atoms with Gasteiger partial charge in [-0.3, -0.25) is 4.79 Å². The summed E-state index contributed by atoms with van der Waals surface area (Å²) < 4.78 is 25.1. The molecular weight excluding hydrogens is 226 g/mol. The summed E-state index contributed by atoms with van der Waals surface area (Å²) in [6.45, 7) is 1.56. The minimum Gasteiger partial charge on any atom is -0.306 e. The predicted molar refractivity (Wildman–Crippen MR) is 61.1 cm³/mol. The topological polar surface area (TPSA) is 23.6 Å². The highest BCUT2D eigenvalue weighted by molar-refractivity contribution is 5.96. The summed E-state index contributed by atoms with van der Waals surface area (Å²) in [5.41, 5.74) is 1.50. The van der Waals surface area contributed by atoms with Gasteiger partial charge in [0.25, 0.3) is 5.91 Å². The number of carbonyl (C=O) groups is 1. The van der Waals surface area contributed by atoms with Crippen LogP contribution in [0.15, 0.2) is 24.3 Å². The van der Waals surface area contributed by atoms with Gasteiger partial charge in [-0.25, -0.2) is 0 Å². The fourth-order valence-electron chi connectivity index (χ4n) is 2.02. The van der Waals surface area contributed by atoms with Gasteiger partial charge in [-0.2, -0.15) is 8.78 Å². The van der Waals surface area contributed by atoms with E-state index >= 15 is 0 Å². The van der Waals surface area contributed by atoms with Crippen molar-refractivity contribution in [3.05, 3.63) is 29.8 Å². The van der Waals surface area contributed by atoms with E-state index in [0.29, 0.717) is 25.3 Å². The van der Waals surface area contributed by atoms with Crippen LogP contribution in [-0.4, -0.2) is 37.4 Å². The molecule has 0 radical (unpaired) electrons. The molecule has 2 rings (SSSR count). The van der Waals surface area contributed by atoms with E-state index < -0.39 is 12.3 Å². The molecule has 0 atom stereocenters. The second-order valence-corrected chi connectivity index (χ2v) is 4.16. The molecule has 1 aliphatic rings. The average molecular weight is 240 g/mol. The lowest BCUT2D eigenvalue weighted by Crippen LogP contribution is -2.38. The van der Waals surface area contributed by atoms with Crippen LogP contribution in [0.5, 0.6) is 0 Å². The fraction of sp³-hybridized carbons (Fsp3) is 0.417. The normalized spacial score (nSPS) is 16.8. The molecule has 17 heavy (non-hydrogen) atoms. The Morgan fingerprint density at radius 3 is 2.71 bits per heavy atom. The van der Waals surface area contributed by atoms with Gasteiger partial charge in [-0.05, 0) is 18.7 Å². The monoisotopic (exact) mass is 240 g/mol. The Labute approximate surface area is 98.6 Å². The van der Waals surface area contributed by atoms with Crippen LogP contribution in [0.4, 0.5) is 14.5 Å². The van der Waals surface area contributed by atoms with Crippen molar-refractivity contribution in [3.63, 3.8) is 0 Å². The van der Waals surface area contributed by atoms with Crippen LogP contribution >= 0.6 is 0 Å². The number of nitrogens with zero attached hydrogens (tertiary/aromatic N) is 2. The third-order valence-electron chi connectivity index (χ3n) is 2.88. The minimum absolute atomic E-state index is 0.302. The second-order valence-electron chi connectivity index (χ2n) is 4.16. The Balaban J connectivity index is 2.38. The summed E-state index contributed by atoms with van der Waals surface area (Å²) in [6, 6.07) is 7.19. The summed E-state index contributed by atoms with van der Waals surface area (Å²) in [5.74, 6) is -1.12. The molecule has 0 saturated heterocycles. The number of likely N-dealkylation sites (N-methyl/N-ethyl adjacent to an activating group) is 1. The quantitative estimate of drug-likeness (QED) is 0.746. The third-order valence-corrected chi connectivity index (χ3v) is 2.88. The van der Waals surface area contributed by atoms with Gasteiger partial charge in [-0.15, -0.1) is 0 Å². The SMILES string of the molecule is CN1CCN(C(=O)C(F)F)c2ccccc2C1. The summed E-state index contributed by atoms with van der Waals surface area (Å²) in [7, 11) is 1.91. The zero-order valence-corrected chi connectivity index (χ0v) is 9.57. The van der Waals surface area contributed by atoms with E-state index in [1.165, 1.54) is 4.90 Å². The van der Waals surface area contributed by atoms with Gasteiger partial charge in [-0.1, -0.05) is 18.2 Å². The third kappa shape index (κ3) is 2.44.